The summed E-state index contributed by atoms with van der Waals surface area (Å²) < 4.78 is 28.8. The minimum atomic E-state index is -4.41. The van der Waals surface area contributed by atoms with E-state index < -0.39 is 33.8 Å². The molecule has 0 aromatic carbocycles. The van der Waals surface area contributed by atoms with Crippen molar-refractivity contribution in [1.82, 2.24) is 5.32 Å². The van der Waals surface area contributed by atoms with Crippen LogP contribution < -0.4 is 5.32 Å². The highest BCUT2D eigenvalue weighted by Crippen LogP contribution is 1.91. The third-order valence-corrected chi connectivity index (χ3v) is 1.81. The van der Waals surface area contributed by atoms with Crippen LogP contribution in [-0.2, 0) is 19.7 Å². The third kappa shape index (κ3) is 6.05. The summed E-state index contributed by atoms with van der Waals surface area (Å²) in [4.78, 5) is 20.7. The lowest BCUT2D eigenvalue weighted by Gasteiger charge is -2.10. The van der Waals surface area contributed by atoms with Gasteiger partial charge in [-0.3, -0.25) is 9.35 Å². The number of hydrogen-bond acceptors (Lipinski definition) is 4. The van der Waals surface area contributed by atoms with Gasteiger partial charge >= 0.3 is 5.97 Å². The van der Waals surface area contributed by atoms with Gasteiger partial charge in [0, 0.05) is 6.92 Å². The van der Waals surface area contributed by atoms with E-state index in [0.29, 0.717) is 0 Å². The van der Waals surface area contributed by atoms with E-state index in [2.05, 4.69) is 0 Å². The molecule has 0 aliphatic rings. The van der Waals surface area contributed by atoms with E-state index >= 15 is 0 Å². The van der Waals surface area contributed by atoms with Crippen molar-refractivity contribution in [1.29, 1.82) is 0 Å². The first-order valence-corrected chi connectivity index (χ1v) is 4.78. The Morgan fingerprint density at radius 1 is 1.46 bits per heavy atom. The lowest BCUT2D eigenvalue weighted by atomic mass is 10.3. The summed E-state index contributed by atoms with van der Waals surface area (Å²) in [6.07, 6.45) is 0. The van der Waals surface area contributed by atoms with Gasteiger partial charge in [-0.05, 0) is 0 Å². The van der Waals surface area contributed by atoms with E-state index in [1.807, 2.05) is 5.32 Å². The van der Waals surface area contributed by atoms with Crippen LogP contribution >= 0.6 is 0 Å². The van der Waals surface area contributed by atoms with Crippen molar-refractivity contribution in [2.75, 3.05) is 5.75 Å². The summed E-state index contributed by atoms with van der Waals surface area (Å²) in [6.45, 7) is 1.04. The summed E-state index contributed by atoms with van der Waals surface area (Å²) in [5.41, 5.74) is 0. The molecule has 13 heavy (non-hydrogen) atoms. The number of carbonyl (C=O) groups excluding carboxylic acids is 1. The Morgan fingerprint density at radius 3 is 2.15 bits per heavy atom. The molecule has 0 aromatic heterocycles. The molecule has 1 atom stereocenters. The normalized spacial score (nSPS) is 13.4. The van der Waals surface area contributed by atoms with Crippen molar-refractivity contribution in [2.24, 2.45) is 0 Å². The molecule has 3 N–H and O–H groups in total. The number of carbonyl (C=O) groups is 2. The number of hydrogen-bond donors (Lipinski definition) is 3. The van der Waals surface area contributed by atoms with Crippen LogP contribution in [0.4, 0.5) is 0 Å². The van der Waals surface area contributed by atoms with Gasteiger partial charge in [-0.25, -0.2) is 4.79 Å². The van der Waals surface area contributed by atoms with Crippen LogP contribution in [-0.4, -0.2) is 41.7 Å². The van der Waals surface area contributed by atoms with Crippen LogP contribution in [0.1, 0.15) is 6.92 Å². The van der Waals surface area contributed by atoms with Crippen LogP contribution in [0.2, 0.25) is 0 Å². The van der Waals surface area contributed by atoms with Gasteiger partial charge in [0.2, 0.25) is 5.91 Å². The van der Waals surface area contributed by atoms with Gasteiger partial charge in [-0.2, -0.15) is 8.42 Å². The van der Waals surface area contributed by atoms with Crippen molar-refractivity contribution in [3.8, 4) is 0 Å². The van der Waals surface area contributed by atoms with Gasteiger partial charge in [0.15, 0.2) is 0 Å². The van der Waals surface area contributed by atoms with Crippen LogP contribution in [0.3, 0.4) is 0 Å². The smallest absolute Gasteiger partial charge is 0.327 e. The molecule has 0 aliphatic carbocycles. The number of nitrogens with one attached hydrogen (secondary N) is 1. The first-order valence-electron chi connectivity index (χ1n) is 3.17. The second-order valence-electron chi connectivity index (χ2n) is 2.34. The Balaban J connectivity index is 4.45. The molecule has 0 saturated heterocycles. The molecule has 0 fully saturated rings. The minimum Gasteiger partial charge on any atom is -0.480 e. The average Bonchev–Trinajstić information content (AvgIpc) is 1.81. The number of carboxylic acids is 1. The van der Waals surface area contributed by atoms with Crippen LogP contribution in [0, 0.1) is 0 Å². The molecular weight excluding hydrogens is 202 g/mol. The Morgan fingerprint density at radius 2 is 1.92 bits per heavy atom. The summed E-state index contributed by atoms with van der Waals surface area (Å²) >= 11 is 0. The van der Waals surface area contributed by atoms with Crippen LogP contribution in [0.5, 0.6) is 0 Å². The van der Waals surface area contributed by atoms with Crippen molar-refractivity contribution < 1.29 is 27.7 Å². The van der Waals surface area contributed by atoms with Crippen molar-refractivity contribution in [3.63, 3.8) is 0 Å². The predicted molar refractivity (Wildman–Crippen MR) is 41.7 cm³/mol. The van der Waals surface area contributed by atoms with E-state index in [1.165, 1.54) is 0 Å². The van der Waals surface area contributed by atoms with Crippen LogP contribution in [0.15, 0.2) is 0 Å². The van der Waals surface area contributed by atoms with Gasteiger partial charge in [0.25, 0.3) is 10.1 Å². The molecule has 0 spiro atoms. The summed E-state index contributed by atoms with van der Waals surface area (Å²) in [5.74, 6) is -3.24. The monoisotopic (exact) mass is 211 g/mol. The highest BCUT2D eigenvalue weighted by atomic mass is 32.2. The first-order chi connectivity index (χ1) is 5.72. The van der Waals surface area contributed by atoms with Gasteiger partial charge in [-0.1, -0.05) is 0 Å². The molecule has 0 aliphatic heterocycles. The SMILES string of the molecule is CC(=O)N[C@@H](CS(=O)(=O)O)C(=O)O. The largest absolute Gasteiger partial charge is 0.480 e. The summed E-state index contributed by atoms with van der Waals surface area (Å²) in [6, 6.07) is -1.62. The molecule has 0 bridgehead atoms. The van der Waals surface area contributed by atoms with E-state index in [-0.39, 0.29) is 0 Å². The fourth-order valence-electron chi connectivity index (χ4n) is 0.631. The topological polar surface area (TPSA) is 121 Å². The molecule has 7 nitrogen and oxygen atoms in total. The maximum Gasteiger partial charge on any atom is 0.327 e. The lowest BCUT2D eigenvalue weighted by molar-refractivity contribution is -0.140. The summed E-state index contributed by atoms with van der Waals surface area (Å²) in [7, 11) is -4.41. The summed E-state index contributed by atoms with van der Waals surface area (Å²) in [5, 5.41) is 10.3. The van der Waals surface area contributed by atoms with Gasteiger partial charge < -0.3 is 10.4 Å². The van der Waals surface area contributed by atoms with Gasteiger partial charge in [-0.15, -0.1) is 0 Å². The molecule has 0 radical (unpaired) electrons. The minimum absolute atomic E-state index is 0.684. The van der Waals surface area contributed by atoms with E-state index in [1.54, 1.807) is 0 Å². The fourth-order valence-corrected chi connectivity index (χ4v) is 1.28. The number of rotatable bonds is 4. The van der Waals surface area contributed by atoms with Crippen molar-refractivity contribution in [2.45, 2.75) is 13.0 Å². The van der Waals surface area contributed by atoms with E-state index in [9.17, 15) is 18.0 Å². The Hall–Kier alpha value is -1.15. The molecule has 76 valence electrons. The second kappa shape index (κ2) is 4.19. The van der Waals surface area contributed by atoms with E-state index in [0.717, 1.165) is 6.92 Å². The Kier molecular flexibility index (Phi) is 3.82. The molecule has 0 rings (SSSR count). The Labute approximate surface area is 74.5 Å². The van der Waals surface area contributed by atoms with Crippen molar-refractivity contribution >= 4 is 22.0 Å². The molecule has 8 heteroatoms. The fraction of sp³-hybridized carbons (Fsp3) is 0.600. The number of carboxylic acid groups (broad SMARTS) is 1. The molecular formula is C5H9NO6S. The highest BCUT2D eigenvalue weighted by Gasteiger charge is 2.24. The highest BCUT2D eigenvalue weighted by molar-refractivity contribution is 7.85. The molecule has 1 amide bonds. The lowest BCUT2D eigenvalue weighted by Crippen LogP contribution is -2.44. The number of amides is 1. The van der Waals surface area contributed by atoms with Gasteiger partial charge in [0.05, 0.1) is 0 Å². The van der Waals surface area contributed by atoms with Crippen molar-refractivity contribution in [3.05, 3.63) is 0 Å². The molecule has 0 aromatic rings. The predicted octanol–water partition coefficient (Wildman–Crippen LogP) is -1.54. The maximum atomic E-state index is 10.4. The molecule has 0 saturated carbocycles. The Bertz CT molecular complexity index is 307. The third-order valence-electron chi connectivity index (χ3n) is 1.05. The quantitative estimate of drug-likeness (QED) is 0.485. The van der Waals surface area contributed by atoms with E-state index in [4.69, 9.17) is 9.66 Å². The zero-order chi connectivity index (χ0) is 10.6. The average molecular weight is 211 g/mol. The van der Waals surface area contributed by atoms with Gasteiger partial charge in [0.1, 0.15) is 11.8 Å². The second-order valence-corrected chi connectivity index (χ2v) is 3.84. The standard InChI is InChI=1S/C5H9NO6S/c1-3(7)6-4(5(8)9)2-13(10,11)12/h4H,2H2,1H3,(H,6,7)(H,8,9)(H,10,11,12)/t4-/m0/s1. The van der Waals surface area contributed by atoms with Crippen LogP contribution in [0.25, 0.3) is 0 Å². The zero-order valence-corrected chi connectivity index (χ0v) is 7.54. The molecule has 0 unspecified atom stereocenters. The molecule has 0 heterocycles. The number of aliphatic carboxylic acids is 1. The maximum absolute atomic E-state index is 10.4. The first kappa shape index (κ1) is 11.8. The zero-order valence-electron chi connectivity index (χ0n) is 6.72.